The fourth-order valence-corrected chi connectivity index (χ4v) is 2.39. The van der Waals surface area contributed by atoms with Crippen LogP contribution in [-0.4, -0.2) is 36.2 Å². The number of nitrogens with zero attached hydrogens (tertiary/aromatic N) is 1. The monoisotopic (exact) mass is 291 g/mol. The highest BCUT2D eigenvalue weighted by atomic mass is 16.4. The first-order valence-electron chi connectivity index (χ1n) is 7.25. The van der Waals surface area contributed by atoms with E-state index in [4.69, 9.17) is 5.11 Å². The minimum absolute atomic E-state index is 0.344. The first-order chi connectivity index (χ1) is 10.1. The van der Waals surface area contributed by atoms with Crippen LogP contribution < -0.4 is 15.5 Å². The number of hydrogen-bond donors (Lipinski definition) is 3. The summed E-state index contributed by atoms with van der Waals surface area (Å²) < 4.78 is 0. The fourth-order valence-electron chi connectivity index (χ4n) is 2.39. The van der Waals surface area contributed by atoms with E-state index in [9.17, 15) is 9.59 Å². The zero-order valence-electron chi connectivity index (χ0n) is 12.1. The van der Waals surface area contributed by atoms with Crippen LogP contribution >= 0.6 is 0 Å². The first kappa shape index (κ1) is 15.2. The van der Waals surface area contributed by atoms with Crippen molar-refractivity contribution < 1.29 is 14.7 Å². The molecule has 0 aromatic heterocycles. The molecule has 3 N–H and O–H groups in total. The Morgan fingerprint density at radius 2 is 1.86 bits per heavy atom. The Kier molecular flexibility index (Phi) is 5.03. The van der Waals surface area contributed by atoms with E-state index in [1.54, 1.807) is 6.92 Å². The normalized spacial score (nSPS) is 15.6. The number of amides is 2. The van der Waals surface area contributed by atoms with Crippen LogP contribution in [0.15, 0.2) is 24.3 Å². The molecular formula is C15H21N3O3. The second-order valence-corrected chi connectivity index (χ2v) is 5.14. The molecule has 0 aliphatic carbocycles. The molecule has 1 aromatic rings. The van der Waals surface area contributed by atoms with Crippen molar-refractivity contribution in [3.8, 4) is 0 Å². The van der Waals surface area contributed by atoms with Crippen LogP contribution in [-0.2, 0) is 4.79 Å². The van der Waals surface area contributed by atoms with Crippen LogP contribution in [0.5, 0.6) is 0 Å². The summed E-state index contributed by atoms with van der Waals surface area (Å²) in [4.78, 5) is 24.9. The van der Waals surface area contributed by atoms with Crippen molar-refractivity contribution >= 4 is 23.4 Å². The molecule has 6 heteroatoms. The van der Waals surface area contributed by atoms with Gasteiger partial charge in [0.15, 0.2) is 0 Å². The number of benzene rings is 1. The highest BCUT2D eigenvalue weighted by Crippen LogP contribution is 2.21. The van der Waals surface area contributed by atoms with Crippen molar-refractivity contribution in [2.75, 3.05) is 23.3 Å². The number of carbonyl (C=O) groups is 2. The Labute approximate surface area is 124 Å². The average Bonchev–Trinajstić information content (AvgIpc) is 2.99. The summed E-state index contributed by atoms with van der Waals surface area (Å²) in [6.07, 6.45) is 2.78. The summed E-state index contributed by atoms with van der Waals surface area (Å²) in [5, 5.41) is 14.0. The lowest BCUT2D eigenvalue weighted by Gasteiger charge is -2.18. The molecule has 1 atom stereocenters. The van der Waals surface area contributed by atoms with Crippen molar-refractivity contribution in [1.82, 2.24) is 5.32 Å². The van der Waals surface area contributed by atoms with Crippen molar-refractivity contribution in [2.24, 2.45) is 0 Å². The van der Waals surface area contributed by atoms with Gasteiger partial charge in [-0.15, -0.1) is 0 Å². The number of carboxylic acid groups (broad SMARTS) is 1. The third kappa shape index (κ3) is 4.11. The summed E-state index contributed by atoms with van der Waals surface area (Å²) in [6, 6.07) is 6.22. The quantitative estimate of drug-likeness (QED) is 0.777. The van der Waals surface area contributed by atoms with E-state index in [-0.39, 0.29) is 0 Å². The van der Waals surface area contributed by atoms with Crippen LogP contribution in [0.25, 0.3) is 0 Å². The maximum Gasteiger partial charge on any atom is 0.326 e. The second-order valence-electron chi connectivity index (χ2n) is 5.14. The Morgan fingerprint density at radius 1 is 1.24 bits per heavy atom. The van der Waals surface area contributed by atoms with Crippen LogP contribution in [0.3, 0.4) is 0 Å². The summed E-state index contributed by atoms with van der Waals surface area (Å²) in [5.74, 6) is -1.03. The number of urea groups is 1. The highest BCUT2D eigenvalue weighted by molar-refractivity contribution is 5.92. The van der Waals surface area contributed by atoms with Crippen molar-refractivity contribution in [1.29, 1.82) is 0 Å². The number of carbonyl (C=O) groups excluding carboxylic acids is 1. The van der Waals surface area contributed by atoms with Crippen LogP contribution in [0.4, 0.5) is 16.2 Å². The predicted molar refractivity (Wildman–Crippen MR) is 81.8 cm³/mol. The smallest absolute Gasteiger partial charge is 0.326 e. The average molecular weight is 291 g/mol. The minimum Gasteiger partial charge on any atom is -0.480 e. The van der Waals surface area contributed by atoms with E-state index in [0.29, 0.717) is 12.1 Å². The molecular weight excluding hydrogens is 270 g/mol. The Hall–Kier alpha value is -2.24. The Morgan fingerprint density at radius 3 is 2.38 bits per heavy atom. The van der Waals surface area contributed by atoms with E-state index < -0.39 is 18.0 Å². The Balaban J connectivity index is 1.90. The van der Waals surface area contributed by atoms with Gasteiger partial charge >= 0.3 is 12.0 Å². The van der Waals surface area contributed by atoms with E-state index in [2.05, 4.69) is 15.5 Å². The minimum atomic E-state index is -1.03. The van der Waals surface area contributed by atoms with Crippen molar-refractivity contribution in [2.45, 2.75) is 32.2 Å². The third-order valence-corrected chi connectivity index (χ3v) is 3.61. The summed E-state index contributed by atoms with van der Waals surface area (Å²) in [6.45, 7) is 3.86. The van der Waals surface area contributed by atoms with E-state index in [0.717, 1.165) is 18.8 Å². The number of nitrogens with one attached hydrogen (secondary N) is 2. The van der Waals surface area contributed by atoms with Gasteiger partial charge in [-0.25, -0.2) is 9.59 Å². The topological polar surface area (TPSA) is 81.7 Å². The van der Waals surface area contributed by atoms with E-state index >= 15 is 0 Å². The summed E-state index contributed by atoms with van der Waals surface area (Å²) >= 11 is 0. The van der Waals surface area contributed by atoms with Gasteiger partial charge in [-0.05, 0) is 43.5 Å². The second kappa shape index (κ2) is 6.97. The van der Waals surface area contributed by atoms with Gasteiger partial charge in [0.1, 0.15) is 6.04 Å². The van der Waals surface area contributed by atoms with Crippen molar-refractivity contribution in [3.63, 3.8) is 0 Å². The van der Waals surface area contributed by atoms with E-state index in [1.165, 1.54) is 12.8 Å². The third-order valence-electron chi connectivity index (χ3n) is 3.61. The van der Waals surface area contributed by atoms with Gasteiger partial charge < -0.3 is 20.6 Å². The van der Waals surface area contributed by atoms with E-state index in [1.807, 2.05) is 24.3 Å². The molecule has 2 amide bonds. The maximum atomic E-state index is 11.7. The fraction of sp³-hybridized carbons (Fsp3) is 0.467. The van der Waals surface area contributed by atoms with Gasteiger partial charge in [-0.1, -0.05) is 6.92 Å². The lowest BCUT2D eigenvalue weighted by molar-refractivity contribution is -0.139. The standard InChI is InChI=1S/C15H21N3O3/c1-2-13(14(19)20)17-15(21)16-11-5-7-12(8-6-11)18-9-3-4-10-18/h5-8,13H,2-4,9-10H2,1H3,(H,19,20)(H2,16,17,21)/t13-/m1/s1. The molecule has 114 valence electrons. The summed E-state index contributed by atoms with van der Waals surface area (Å²) in [5.41, 5.74) is 1.80. The molecule has 1 fully saturated rings. The lowest BCUT2D eigenvalue weighted by atomic mass is 10.2. The molecule has 0 radical (unpaired) electrons. The number of aliphatic carboxylic acids is 1. The molecule has 6 nitrogen and oxygen atoms in total. The number of carboxylic acids is 1. The van der Waals surface area contributed by atoms with Crippen LogP contribution in [0.2, 0.25) is 0 Å². The van der Waals surface area contributed by atoms with Crippen molar-refractivity contribution in [3.05, 3.63) is 24.3 Å². The largest absolute Gasteiger partial charge is 0.480 e. The number of anilines is 2. The zero-order chi connectivity index (χ0) is 15.2. The lowest BCUT2D eigenvalue weighted by Crippen LogP contribution is -2.42. The zero-order valence-corrected chi connectivity index (χ0v) is 12.1. The maximum absolute atomic E-state index is 11.7. The summed E-state index contributed by atoms with van der Waals surface area (Å²) in [7, 11) is 0. The van der Waals surface area contributed by atoms with Crippen LogP contribution in [0, 0.1) is 0 Å². The molecule has 1 saturated heterocycles. The molecule has 0 saturated carbocycles. The first-order valence-corrected chi connectivity index (χ1v) is 7.25. The molecule has 1 heterocycles. The molecule has 0 bridgehead atoms. The molecule has 1 aromatic carbocycles. The number of rotatable bonds is 5. The van der Waals surface area contributed by atoms with Gasteiger partial charge in [0, 0.05) is 24.5 Å². The predicted octanol–water partition coefficient (Wildman–Crippen LogP) is 2.27. The molecule has 21 heavy (non-hydrogen) atoms. The van der Waals surface area contributed by atoms with Gasteiger partial charge in [0.05, 0.1) is 0 Å². The van der Waals surface area contributed by atoms with Gasteiger partial charge in [-0.3, -0.25) is 0 Å². The molecule has 1 aliphatic heterocycles. The SMILES string of the molecule is CC[C@@H](NC(=O)Nc1ccc(N2CCCC2)cc1)C(=O)O. The van der Waals surface area contributed by atoms with Gasteiger partial charge in [-0.2, -0.15) is 0 Å². The molecule has 0 unspecified atom stereocenters. The highest BCUT2D eigenvalue weighted by Gasteiger charge is 2.17. The number of hydrogen-bond acceptors (Lipinski definition) is 3. The molecule has 2 rings (SSSR count). The Bertz CT molecular complexity index is 495. The molecule has 0 spiro atoms. The van der Waals surface area contributed by atoms with Crippen LogP contribution in [0.1, 0.15) is 26.2 Å². The molecule has 1 aliphatic rings. The van der Waals surface area contributed by atoms with Gasteiger partial charge in [0.2, 0.25) is 0 Å². The van der Waals surface area contributed by atoms with Gasteiger partial charge in [0.25, 0.3) is 0 Å².